The summed E-state index contributed by atoms with van der Waals surface area (Å²) in [5.41, 5.74) is 3.01. The number of nitro groups is 1. The van der Waals surface area contributed by atoms with Crippen molar-refractivity contribution in [2.24, 2.45) is 4.99 Å². The molecule has 5 rings (SSSR count). The Balaban J connectivity index is 1.43. The topological polar surface area (TPSA) is 113 Å². The zero-order valence-electron chi connectivity index (χ0n) is 21.1. The van der Waals surface area contributed by atoms with Crippen LogP contribution in [0, 0.1) is 10.1 Å². The van der Waals surface area contributed by atoms with Gasteiger partial charge in [-0.15, -0.1) is 0 Å². The molecule has 10 heteroatoms. The molecule has 2 heterocycles. The number of hydrogen-bond donors (Lipinski definition) is 0. The van der Waals surface area contributed by atoms with Gasteiger partial charge in [0.1, 0.15) is 12.4 Å². The highest BCUT2D eigenvalue weighted by molar-refractivity contribution is 7.07. The summed E-state index contributed by atoms with van der Waals surface area (Å²) in [6, 6.07) is 22.1. The van der Waals surface area contributed by atoms with E-state index in [2.05, 4.69) is 4.99 Å². The van der Waals surface area contributed by atoms with E-state index in [0.29, 0.717) is 26.4 Å². The van der Waals surface area contributed by atoms with Gasteiger partial charge in [0, 0.05) is 12.1 Å². The SMILES string of the molecule is COC(=O)C1=C(C)N=c2sc(=Cc3ccc(OCc4ccc([N+](=O)[O-])cc4)cc3)c(=O)n2C1c1ccccc1. The number of thiazole rings is 1. The Labute approximate surface area is 226 Å². The third-order valence-corrected chi connectivity index (χ3v) is 7.26. The number of methoxy groups -OCH3 is 1. The third kappa shape index (κ3) is 5.27. The van der Waals surface area contributed by atoms with Crippen LogP contribution in [0.5, 0.6) is 5.75 Å². The molecule has 1 aromatic heterocycles. The number of carbonyl (C=O) groups excluding carboxylic acids is 1. The van der Waals surface area contributed by atoms with Gasteiger partial charge in [-0.05, 0) is 54.0 Å². The fourth-order valence-corrected chi connectivity index (χ4v) is 5.38. The van der Waals surface area contributed by atoms with Crippen molar-refractivity contribution in [2.75, 3.05) is 7.11 Å². The second-order valence-corrected chi connectivity index (χ2v) is 9.77. The molecule has 0 amide bonds. The van der Waals surface area contributed by atoms with Crippen molar-refractivity contribution < 1.29 is 19.2 Å². The van der Waals surface area contributed by atoms with Crippen LogP contribution in [-0.2, 0) is 16.1 Å². The molecule has 0 N–H and O–H groups in total. The highest BCUT2D eigenvalue weighted by atomic mass is 32.1. The van der Waals surface area contributed by atoms with Crippen molar-refractivity contribution in [1.82, 2.24) is 4.57 Å². The fourth-order valence-electron chi connectivity index (χ4n) is 4.34. The maximum atomic E-state index is 13.6. The summed E-state index contributed by atoms with van der Waals surface area (Å²) >= 11 is 1.26. The van der Waals surface area contributed by atoms with E-state index in [9.17, 15) is 19.7 Å². The van der Waals surface area contributed by atoms with E-state index in [1.165, 1.54) is 30.6 Å². The number of nitrogens with zero attached hydrogens (tertiary/aromatic N) is 3. The van der Waals surface area contributed by atoms with Crippen molar-refractivity contribution in [2.45, 2.75) is 19.6 Å². The maximum Gasteiger partial charge on any atom is 0.338 e. The quantitative estimate of drug-likeness (QED) is 0.199. The molecule has 1 atom stereocenters. The molecule has 1 aliphatic heterocycles. The zero-order chi connectivity index (χ0) is 27.5. The normalized spacial score (nSPS) is 14.9. The highest BCUT2D eigenvalue weighted by Gasteiger charge is 2.32. The Bertz CT molecular complexity index is 1750. The number of carbonyl (C=O) groups is 1. The van der Waals surface area contributed by atoms with Gasteiger partial charge in [0.15, 0.2) is 4.80 Å². The summed E-state index contributed by atoms with van der Waals surface area (Å²) < 4.78 is 12.9. The van der Waals surface area contributed by atoms with Gasteiger partial charge in [0.2, 0.25) is 0 Å². The molecule has 1 unspecified atom stereocenters. The molecule has 0 radical (unpaired) electrons. The van der Waals surface area contributed by atoms with Crippen LogP contribution < -0.4 is 19.6 Å². The van der Waals surface area contributed by atoms with Gasteiger partial charge in [0.25, 0.3) is 11.2 Å². The van der Waals surface area contributed by atoms with E-state index < -0.39 is 16.9 Å². The number of aromatic nitrogens is 1. The molecular formula is C29H23N3O6S. The van der Waals surface area contributed by atoms with E-state index in [-0.39, 0.29) is 17.9 Å². The number of hydrogen-bond acceptors (Lipinski definition) is 8. The average molecular weight is 542 g/mol. The van der Waals surface area contributed by atoms with Crippen molar-refractivity contribution in [3.63, 3.8) is 0 Å². The Morgan fingerprint density at radius 3 is 2.41 bits per heavy atom. The summed E-state index contributed by atoms with van der Waals surface area (Å²) in [6.45, 7) is 2.01. The van der Waals surface area contributed by atoms with Crippen LogP contribution in [0.1, 0.15) is 29.7 Å². The predicted molar refractivity (Wildman–Crippen MR) is 146 cm³/mol. The predicted octanol–water partition coefficient (Wildman–Crippen LogP) is 3.90. The number of allylic oxidation sites excluding steroid dienone is 1. The van der Waals surface area contributed by atoms with Crippen LogP contribution in [0.3, 0.4) is 0 Å². The first-order valence-corrected chi connectivity index (χ1v) is 12.8. The van der Waals surface area contributed by atoms with Crippen LogP contribution in [0.15, 0.2) is 99.9 Å². The van der Waals surface area contributed by atoms with Crippen LogP contribution in [0.25, 0.3) is 6.08 Å². The minimum Gasteiger partial charge on any atom is -0.489 e. The molecular weight excluding hydrogens is 518 g/mol. The molecule has 0 spiro atoms. The zero-order valence-corrected chi connectivity index (χ0v) is 21.9. The van der Waals surface area contributed by atoms with E-state index in [1.54, 1.807) is 41.8 Å². The number of ether oxygens (including phenoxy) is 2. The second kappa shape index (κ2) is 10.9. The molecule has 39 heavy (non-hydrogen) atoms. The maximum absolute atomic E-state index is 13.6. The summed E-state index contributed by atoms with van der Waals surface area (Å²) in [4.78, 5) is 41.7. The van der Waals surface area contributed by atoms with Gasteiger partial charge in [0.05, 0.1) is 33.9 Å². The van der Waals surface area contributed by atoms with Crippen molar-refractivity contribution in [3.05, 3.63) is 137 Å². The van der Waals surface area contributed by atoms with Gasteiger partial charge in [-0.3, -0.25) is 19.5 Å². The van der Waals surface area contributed by atoms with Crippen molar-refractivity contribution in [3.8, 4) is 5.75 Å². The molecule has 0 bridgehead atoms. The average Bonchev–Trinajstić information content (AvgIpc) is 3.26. The van der Waals surface area contributed by atoms with Gasteiger partial charge >= 0.3 is 5.97 Å². The monoisotopic (exact) mass is 541 g/mol. The van der Waals surface area contributed by atoms with Gasteiger partial charge in [-0.2, -0.15) is 0 Å². The molecule has 9 nitrogen and oxygen atoms in total. The number of fused-ring (bicyclic) bond motifs is 1. The largest absolute Gasteiger partial charge is 0.489 e. The molecule has 0 fully saturated rings. The molecule has 0 saturated heterocycles. The number of esters is 1. The standard InChI is InChI=1S/C29H23N3O6S/c1-18-25(28(34)37-2)26(21-6-4-3-5-7-21)31-27(33)24(39-29(31)30-18)16-19-10-14-23(15-11-19)38-17-20-8-12-22(13-9-20)32(35)36/h3-16,26H,17H2,1-2H3. The van der Waals surface area contributed by atoms with Crippen molar-refractivity contribution >= 4 is 29.1 Å². The first-order chi connectivity index (χ1) is 18.9. The Morgan fingerprint density at radius 1 is 1.08 bits per heavy atom. The summed E-state index contributed by atoms with van der Waals surface area (Å²) in [6.07, 6.45) is 1.78. The number of benzene rings is 3. The summed E-state index contributed by atoms with van der Waals surface area (Å²) in [5.74, 6) is 0.0954. The molecule has 0 aliphatic carbocycles. The first-order valence-electron chi connectivity index (χ1n) is 12.0. The molecule has 0 saturated carbocycles. The lowest BCUT2D eigenvalue weighted by molar-refractivity contribution is -0.384. The van der Waals surface area contributed by atoms with E-state index >= 15 is 0 Å². The lowest BCUT2D eigenvalue weighted by atomic mass is 9.96. The second-order valence-electron chi connectivity index (χ2n) is 8.77. The number of non-ortho nitro benzene ring substituents is 1. The van der Waals surface area contributed by atoms with Crippen LogP contribution in [0.4, 0.5) is 5.69 Å². The minimum atomic E-state index is -0.646. The Kier molecular flexibility index (Phi) is 7.20. The molecule has 3 aromatic carbocycles. The summed E-state index contributed by atoms with van der Waals surface area (Å²) in [5, 5.41) is 10.8. The van der Waals surface area contributed by atoms with Gasteiger partial charge in [-0.1, -0.05) is 53.8 Å². The van der Waals surface area contributed by atoms with Crippen LogP contribution in [-0.4, -0.2) is 22.6 Å². The lowest BCUT2D eigenvalue weighted by Gasteiger charge is -2.24. The molecule has 1 aliphatic rings. The fraction of sp³-hybridized carbons (Fsp3) is 0.138. The van der Waals surface area contributed by atoms with E-state index in [0.717, 1.165) is 16.7 Å². The third-order valence-electron chi connectivity index (χ3n) is 6.27. The van der Waals surface area contributed by atoms with E-state index in [4.69, 9.17) is 9.47 Å². The Hall–Kier alpha value is -4.83. The van der Waals surface area contributed by atoms with Crippen LogP contribution >= 0.6 is 11.3 Å². The minimum absolute atomic E-state index is 0.0279. The Morgan fingerprint density at radius 2 is 1.77 bits per heavy atom. The van der Waals surface area contributed by atoms with Gasteiger partial charge < -0.3 is 9.47 Å². The lowest BCUT2D eigenvalue weighted by Crippen LogP contribution is -2.39. The van der Waals surface area contributed by atoms with Gasteiger partial charge in [-0.25, -0.2) is 9.79 Å². The number of rotatable bonds is 7. The smallest absolute Gasteiger partial charge is 0.338 e. The number of nitro benzene ring substituents is 1. The highest BCUT2D eigenvalue weighted by Crippen LogP contribution is 2.30. The molecule has 196 valence electrons. The summed E-state index contributed by atoms with van der Waals surface area (Å²) in [7, 11) is 1.31. The van der Waals surface area contributed by atoms with Crippen molar-refractivity contribution in [1.29, 1.82) is 0 Å². The first kappa shape index (κ1) is 25.8. The van der Waals surface area contributed by atoms with Crippen LogP contribution in [0.2, 0.25) is 0 Å². The molecule has 4 aromatic rings. The van der Waals surface area contributed by atoms with E-state index in [1.807, 2.05) is 42.5 Å².